The van der Waals surface area contributed by atoms with Crippen molar-refractivity contribution >= 4 is 5.97 Å². The Balaban J connectivity index is 3.54. The summed E-state index contributed by atoms with van der Waals surface area (Å²) in [7, 11) is 0. The Hall–Kier alpha value is -0.610. The van der Waals surface area contributed by atoms with Gasteiger partial charge < -0.3 is 14.9 Å². The van der Waals surface area contributed by atoms with Gasteiger partial charge in [0.25, 0.3) is 0 Å². The summed E-state index contributed by atoms with van der Waals surface area (Å²) < 4.78 is 4.41. The summed E-state index contributed by atoms with van der Waals surface area (Å²) in [6.07, 6.45) is -0.495. The second-order valence-corrected chi connectivity index (χ2v) is 1.53. The van der Waals surface area contributed by atoms with Gasteiger partial charge in [0, 0.05) is 0 Å². The summed E-state index contributed by atoms with van der Waals surface area (Å²) >= 11 is 0. The van der Waals surface area contributed by atoms with Crippen LogP contribution >= 0.6 is 0 Å². The van der Waals surface area contributed by atoms with E-state index in [0.717, 1.165) is 0 Å². The normalized spacial score (nSPS) is 13.1. The smallest absolute Gasteiger partial charge is 0.332 e. The van der Waals surface area contributed by atoms with Crippen LogP contribution in [0.2, 0.25) is 0 Å². The van der Waals surface area contributed by atoms with Crippen LogP contribution in [0.15, 0.2) is 0 Å². The van der Waals surface area contributed by atoms with Crippen LogP contribution in [-0.4, -0.2) is 29.1 Å². The fraction of sp³-hybridized carbons (Fsp3) is 0.800. The lowest BCUT2D eigenvalue weighted by molar-refractivity contribution is -0.156. The zero-order chi connectivity index (χ0) is 7.28. The van der Waals surface area contributed by atoms with Crippen molar-refractivity contribution in [3.63, 3.8) is 0 Å². The van der Waals surface area contributed by atoms with Crippen molar-refractivity contribution in [1.29, 1.82) is 0 Å². The highest BCUT2D eigenvalue weighted by Crippen LogP contribution is 1.95. The maximum absolute atomic E-state index is 10.1. The van der Waals surface area contributed by atoms with E-state index in [-0.39, 0.29) is 0 Å². The van der Waals surface area contributed by atoms with Crippen LogP contribution in [0.25, 0.3) is 0 Å². The van der Waals surface area contributed by atoms with E-state index in [0.29, 0.717) is 6.42 Å². The molecule has 0 aromatic rings. The summed E-state index contributed by atoms with van der Waals surface area (Å²) in [5.41, 5.74) is 0. The number of ether oxygens (including phenoxy) is 1. The maximum atomic E-state index is 10.1. The number of aliphatic carboxylic acids is 1. The third-order valence-corrected chi connectivity index (χ3v) is 0.922. The Morgan fingerprint density at radius 3 is 2.44 bits per heavy atom. The molecule has 0 saturated heterocycles. The monoisotopic (exact) mass is 134 g/mol. The van der Waals surface area contributed by atoms with Crippen molar-refractivity contribution in [3.05, 3.63) is 0 Å². The lowest BCUT2D eigenvalue weighted by atomic mass is 10.3. The summed E-state index contributed by atoms with van der Waals surface area (Å²) in [6, 6.07) is 0. The van der Waals surface area contributed by atoms with Crippen molar-refractivity contribution in [1.82, 2.24) is 0 Å². The molecule has 2 N–H and O–H groups in total. The van der Waals surface area contributed by atoms with Gasteiger partial charge in [0.1, 0.15) is 6.79 Å². The molecule has 54 valence electrons. The molecule has 0 saturated carbocycles. The average Bonchev–Trinajstić information content (AvgIpc) is 1.82. The summed E-state index contributed by atoms with van der Waals surface area (Å²) in [6.45, 7) is 1.14. The number of hydrogen-bond donors (Lipinski definition) is 2. The van der Waals surface area contributed by atoms with Gasteiger partial charge in [-0.05, 0) is 6.42 Å². The van der Waals surface area contributed by atoms with Gasteiger partial charge in [0.15, 0.2) is 6.10 Å². The second kappa shape index (κ2) is 4.29. The van der Waals surface area contributed by atoms with E-state index >= 15 is 0 Å². The fourth-order valence-electron chi connectivity index (χ4n) is 0.454. The van der Waals surface area contributed by atoms with Gasteiger partial charge >= 0.3 is 5.97 Å². The van der Waals surface area contributed by atoms with Crippen molar-refractivity contribution < 1.29 is 19.7 Å². The van der Waals surface area contributed by atoms with Crippen LogP contribution in [-0.2, 0) is 9.53 Å². The zero-order valence-corrected chi connectivity index (χ0v) is 5.20. The zero-order valence-electron chi connectivity index (χ0n) is 5.20. The van der Waals surface area contributed by atoms with Gasteiger partial charge in [-0.15, -0.1) is 0 Å². The van der Waals surface area contributed by atoms with Crippen LogP contribution in [0.1, 0.15) is 13.3 Å². The molecule has 0 fully saturated rings. The molecule has 0 amide bonds. The molecule has 0 rings (SSSR count). The van der Waals surface area contributed by atoms with E-state index < -0.39 is 18.9 Å². The number of carboxylic acids is 1. The van der Waals surface area contributed by atoms with Gasteiger partial charge in [-0.2, -0.15) is 0 Å². The molecule has 1 unspecified atom stereocenters. The van der Waals surface area contributed by atoms with E-state index in [1.165, 1.54) is 0 Å². The molecule has 4 nitrogen and oxygen atoms in total. The van der Waals surface area contributed by atoms with E-state index in [1.54, 1.807) is 6.92 Å². The molecule has 0 spiro atoms. The van der Waals surface area contributed by atoms with Crippen molar-refractivity contribution in [2.24, 2.45) is 0 Å². The molecule has 0 bridgehead atoms. The summed E-state index contributed by atoms with van der Waals surface area (Å²) in [5, 5.41) is 16.4. The third-order valence-electron chi connectivity index (χ3n) is 0.922. The fourth-order valence-corrected chi connectivity index (χ4v) is 0.454. The Bertz CT molecular complexity index is 91.0. The topological polar surface area (TPSA) is 66.8 Å². The van der Waals surface area contributed by atoms with Crippen molar-refractivity contribution in [3.8, 4) is 0 Å². The molecule has 0 heterocycles. The van der Waals surface area contributed by atoms with E-state index in [4.69, 9.17) is 10.2 Å². The molecule has 1 atom stereocenters. The first-order valence-corrected chi connectivity index (χ1v) is 2.67. The average molecular weight is 134 g/mol. The Kier molecular flexibility index (Phi) is 4.00. The van der Waals surface area contributed by atoms with Gasteiger partial charge in [-0.1, -0.05) is 6.92 Å². The summed E-state index contributed by atoms with van der Waals surface area (Å²) in [4.78, 5) is 10.1. The molecular weight excluding hydrogens is 124 g/mol. The first kappa shape index (κ1) is 8.39. The second-order valence-electron chi connectivity index (χ2n) is 1.53. The Morgan fingerprint density at radius 1 is 1.78 bits per heavy atom. The van der Waals surface area contributed by atoms with E-state index in [2.05, 4.69) is 4.74 Å². The van der Waals surface area contributed by atoms with Crippen molar-refractivity contribution in [2.45, 2.75) is 19.4 Å². The standard InChI is InChI=1S/C5H10O4/c1-2-4(5(7)8)9-3-6/h4,6H,2-3H2,1H3,(H,7,8). The molecule has 0 aliphatic rings. The number of carbonyl (C=O) groups is 1. The van der Waals surface area contributed by atoms with Gasteiger partial charge in [0.2, 0.25) is 0 Å². The molecule has 0 aliphatic heterocycles. The highest BCUT2D eigenvalue weighted by Gasteiger charge is 2.13. The molecule has 0 aromatic heterocycles. The number of carboxylic acid groups (broad SMARTS) is 1. The first-order valence-electron chi connectivity index (χ1n) is 2.67. The summed E-state index contributed by atoms with van der Waals surface area (Å²) in [5.74, 6) is -1.04. The van der Waals surface area contributed by atoms with Gasteiger partial charge in [0.05, 0.1) is 0 Å². The maximum Gasteiger partial charge on any atom is 0.332 e. The van der Waals surface area contributed by atoms with Crippen LogP contribution < -0.4 is 0 Å². The van der Waals surface area contributed by atoms with Crippen molar-refractivity contribution in [2.75, 3.05) is 6.79 Å². The number of aliphatic hydroxyl groups excluding tert-OH is 1. The number of aliphatic hydroxyl groups is 1. The largest absolute Gasteiger partial charge is 0.479 e. The predicted molar refractivity (Wildman–Crippen MR) is 29.9 cm³/mol. The molecular formula is C5H10O4. The van der Waals surface area contributed by atoms with Crippen LogP contribution in [0.3, 0.4) is 0 Å². The molecule has 0 aromatic carbocycles. The van der Waals surface area contributed by atoms with Crippen LogP contribution in [0.5, 0.6) is 0 Å². The SMILES string of the molecule is CCC(OCO)C(=O)O. The number of rotatable bonds is 4. The van der Waals surface area contributed by atoms with Crippen LogP contribution in [0.4, 0.5) is 0 Å². The molecule has 0 radical (unpaired) electrons. The van der Waals surface area contributed by atoms with Gasteiger partial charge in [-0.25, -0.2) is 4.79 Å². The molecule has 0 aliphatic carbocycles. The minimum absolute atomic E-state index is 0.371. The van der Waals surface area contributed by atoms with E-state index in [1.807, 2.05) is 0 Å². The highest BCUT2D eigenvalue weighted by atomic mass is 16.6. The Morgan fingerprint density at radius 2 is 2.33 bits per heavy atom. The predicted octanol–water partition coefficient (Wildman–Crippen LogP) is -0.184. The van der Waals surface area contributed by atoms with E-state index in [9.17, 15) is 4.79 Å². The first-order chi connectivity index (χ1) is 4.22. The van der Waals surface area contributed by atoms with Crippen LogP contribution in [0, 0.1) is 0 Å². The minimum Gasteiger partial charge on any atom is -0.479 e. The molecule has 9 heavy (non-hydrogen) atoms. The minimum atomic E-state index is -1.04. The quantitative estimate of drug-likeness (QED) is 0.523. The number of hydrogen-bond acceptors (Lipinski definition) is 3. The van der Waals surface area contributed by atoms with Gasteiger partial charge in [-0.3, -0.25) is 0 Å². The Labute approximate surface area is 53.1 Å². The molecule has 4 heteroatoms. The lowest BCUT2D eigenvalue weighted by Crippen LogP contribution is -2.23. The lowest BCUT2D eigenvalue weighted by Gasteiger charge is -2.06. The highest BCUT2D eigenvalue weighted by molar-refractivity contribution is 5.72. The third kappa shape index (κ3) is 3.05.